The van der Waals surface area contributed by atoms with Crippen LogP contribution in [0.4, 0.5) is 11.4 Å². The molecule has 0 saturated carbocycles. The van der Waals surface area contributed by atoms with Crippen LogP contribution in [0, 0.1) is 6.92 Å². The van der Waals surface area contributed by atoms with E-state index >= 15 is 0 Å². The minimum absolute atomic E-state index is 0.0572. The zero-order chi connectivity index (χ0) is 18.0. The molecule has 0 fully saturated rings. The van der Waals surface area contributed by atoms with E-state index in [4.69, 9.17) is 16.3 Å². The van der Waals surface area contributed by atoms with Gasteiger partial charge in [0.25, 0.3) is 11.8 Å². The predicted octanol–water partition coefficient (Wildman–Crippen LogP) is 3.83. The monoisotopic (exact) mass is 356 g/mol. The summed E-state index contributed by atoms with van der Waals surface area (Å²) in [5, 5.41) is 2.80. The van der Waals surface area contributed by atoms with Gasteiger partial charge in [0.1, 0.15) is 16.5 Å². The van der Waals surface area contributed by atoms with Gasteiger partial charge in [-0.05, 0) is 38.1 Å². The van der Waals surface area contributed by atoms with E-state index in [2.05, 4.69) is 5.32 Å². The van der Waals surface area contributed by atoms with E-state index < -0.39 is 11.8 Å². The molecule has 25 heavy (non-hydrogen) atoms. The molecule has 128 valence electrons. The largest absolute Gasteiger partial charge is 0.492 e. The molecule has 0 unspecified atom stereocenters. The summed E-state index contributed by atoms with van der Waals surface area (Å²) >= 11 is 6.14. The van der Waals surface area contributed by atoms with Gasteiger partial charge in [-0.25, -0.2) is 4.90 Å². The van der Waals surface area contributed by atoms with Crippen LogP contribution in [0.5, 0.6) is 5.75 Å². The Hall–Kier alpha value is -2.79. The minimum atomic E-state index is -0.576. The fraction of sp³-hybridized carbons (Fsp3) is 0.158. The van der Waals surface area contributed by atoms with Gasteiger partial charge in [0.15, 0.2) is 0 Å². The van der Waals surface area contributed by atoms with Crippen molar-refractivity contribution < 1.29 is 14.3 Å². The van der Waals surface area contributed by atoms with Crippen molar-refractivity contribution in [1.29, 1.82) is 0 Å². The molecule has 0 spiro atoms. The highest BCUT2D eigenvalue weighted by Crippen LogP contribution is 2.35. The highest BCUT2D eigenvalue weighted by atomic mass is 35.5. The normalized spacial score (nSPS) is 14.3. The van der Waals surface area contributed by atoms with Crippen LogP contribution in [-0.4, -0.2) is 18.4 Å². The summed E-state index contributed by atoms with van der Waals surface area (Å²) in [7, 11) is 0. The first-order valence-corrected chi connectivity index (χ1v) is 8.24. The van der Waals surface area contributed by atoms with Crippen LogP contribution in [0.15, 0.2) is 59.3 Å². The zero-order valence-electron chi connectivity index (χ0n) is 13.9. The summed E-state index contributed by atoms with van der Waals surface area (Å²) in [5.41, 5.74) is 2.20. The van der Waals surface area contributed by atoms with Crippen molar-refractivity contribution in [2.24, 2.45) is 0 Å². The predicted molar refractivity (Wildman–Crippen MR) is 97.8 cm³/mol. The molecule has 5 nitrogen and oxygen atoms in total. The molecule has 6 heteroatoms. The third-order valence-electron chi connectivity index (χ3n) is 3.75. The number of carbonyl (C=O) groups is 2. The lowest BCUT2D eigenvalue weighted by Gasteiger charge is -2.18. The Balaban J connectivity index is 1.93. The highest BCUT2D eigenvalue weighted by molar-refractivity contribution is 6.53. The van der Waals surface area contributed by atoms with Crippen LogP contribution in [-0.2, 0) is 9.59 Å². The first-order valence-electron chi connectivity index (χ1n) is 7.87. The molecule has 1 N–H and O–H groups in total. The van der Waals surface area contributed by atoms with Gasteiger partial charge in [0, 0.05) is 5.69 Å². The second-order valence-electron chi connectivity index (χ2n) is 5.53. The molecule has 1 aliphatic heterocycles. The van der Waals surface area contributed by atoms with Crippen molar-refractivity contribution in [2.45, 2.75) is 13.8 Å². The summed E-state index contributed by atoms with van der Waals surface area (Å²) in [6.07, 6.45) is 0. The van der Waals surface area contributed by atoms with Gasteiger partial charge in [-0.1, -0.05) is 41.4 Å². The Bertz CT molecular complexity index is 859. The van der Waals surface area contributed by atoms with E-state index in [0.29, 0.717) is 23.7 Å². The maximum absolute atomic E-state index is 12.8. The topological polar surface area (TPSA) is 58.6 Å². The molecule has 0 aliphatic carbocycles. The third kappa shape index (κ3) is 3.23. The quantitative estimate of drug-likeness (QED) is 0.827. The van der Waals surface area contributed by atoms with E-state index in [9.17, 15) is 9.59 Å². The fourth-order valence-corrected chi connectivity index (χ4v) is 2.74. The first-order chi connectivity index (χ1) is 12.0. The summed E-state index contributed by atoms with van der Waals surface area (Å²) < 4.78 is 5.52. The van der Waals surface area contributed by atoms with E-state index in [1.54, 1.807) is 24.3 Å². The van der Waals surface area contributed by atoms with Gasteiger partial charge in [0.05, 0.1) is 12.3 Å². The molecule has 2 amide bonds. The van der Waals surface area contributed by atoms with Crippen molar-refractivity contribution >= 4 is 34.8 Å². The lowest BCUT2D eigenvalue weighted by Crippen LogP contribution is -2.32. The van der Waals surface area contributed by atoms with Gasteiger partial charge in [-0.2, -0.15) is 0 Å². The minimum Gasteiger partial charge on any atom is -0.492 e. The molecular formula is C19H17ClN2O3. The summed E-state index contributed by atoms with van der Waals surface area (Å²) in [6, 6.07) is 14.3. The maximum Gasteiger partial charge on any atom is 0.283 e. The number of para-hydroxylation sites is 2. The molecule has 0 saturated heterocycles. The van der Waals surface area contributed by atoms with Crippen molar-refractivity contribution in [3.63, 3.8) is 0 Å². The van der Waals surface area contributed by atoms with Crippen LogP contribution >= 0.6 is 11.6 Å². The van der Waals surface area contributed by atoms with E-state index in [1.807, 2.05) is 38.1 Å². The number of nitrogens with one attached hydrogen (secondary N) is 1. The SMILES string of the molecule is CCOc1ccccc1N1C(=O)C(Cl)=C(Nc2ccc(C)cc2)C1=O. The van der Waals surface area contributed by atoms with Crippen molar-refractivity contribution in [3.05, 3.63) is 64.8 Å². The summed E-state index contributed by atoms with van der Waals surface area (Å²) in [5.74, 6) is -0.635. The van der Waals surface area contributed by atoms with Crippen LogP contribution < -0.4 is 15.0 Å². The fourth-order valence-electron chi connectivity index (χ4n) is 2.53. The van der Waals surface area contributed by atoms with E-state index in [-0.39, 0.29) is 10.7 Å². The summed E-state index contributed by atoms with van der Waals surface area (Å²) in [6.45, 7) is 4.22. The number of benzene rings is 2. The lowest BCUT2D eigenvalue weighted by molar-refractivity contribution is -0.120. The second kappa shape index (κ2) is 6.99. The van der Waals surface area contributed by atoms with Crippen molar-refractivity contribution in [2.75, 3.05) is 16.8 Å². The van der Waals surface area contributed by atoms with Gasteiger partial charge in [-0.3, -0.25) is 9.59 Å². The molecule has 1 heterocycles. The van der Waals surface area contributed by atoms with E-state index in [0.717, 1.165) is 10.5 Å². The number of amides is 2. The average Bonchev–Trinajstić information content (AvgIpc) is 2.81. The zero-order valence-corrected chi connectivity index (χ0v) is 14.6. The average molecular weight is 357 g/mol. The van der Waals surface area contributed by atoms with Crippen molar-refractivity contribution in [1.82, 2.24) is 0 Å². The van der Waals surface area contributed by atoms with Crippen LogP contribution in [0.25, 0.3) is 0 Å². The molecule has 2 aromatic rings. The maximum atomic E-state index is 12.8. The molecule has 0 bridgehead atoms. The number of aryl methyl sites for hydroxylation is 1. The number of hydrogen-bond acceptors (Lipinski definition) is 4. The number of carbonyl (C=O) groups excluding carboxylic acids is 2. The Labute approximate surface area is 150 Å². The Morgan fingerprint density at radius 1 is 1.04 bits per heavy atom. The van der Waals surface area contributed by atoms with Crippen LogP contribution in [0.3, 0.4) is 0 Å². The second-order valence-corrected chi connectivity index (χ2v) is 5.90. The van der Waals surface area contributed by atoms with Crippen molar-refractivity contribution in [3.8, 4) is 5.75 Å². The van der Waals surface area contributed by atoms with E-state index in [1.165, 1.54) is 0 Å². The smallest absolute Gasteiger partial charge is 0.283 e. The number of halogens is 1. The number of imide groups is 1. The number of nitrogens with zero attached hydrogens (tertiary/aromatic N) is 1. The standard InChI is InChI=1S/C19H17ClN2O3/c1-3-25-15-7-5-4-6-14(15)22-18(23)16(20)17(19(22)24)21-13-10-8-12(2)9-11-13/h4-11,21H,3H2,1-2H3. The van der Waals surface area contributed by atoms with Gasteiger partial charge >= 0.3 is 0 Å². The molecule has 0 radical (unpaired) electrons. The first kappa shape index (κ1) is 17.0. The van der Waals surface area contributed by atoms with Gasteiger partial charge < -0.3 is 10.1 Å². The molecule has 1 aliphatic rings. The number of ether oxygens (including phenoxy) is 1. The molecule has 3 rings (SSSR count). The molecular weight excluding hydrogens is 340 g/mol. The van der Waals surface area contributed by atoms with Crippen LogP contribution in [0.2, 0.25) is 0 Å². The summed E-state index contributed by atoms with van der Waals surface area (Å²) in [4.78, 5) is 26.4. The lowest BCUT2D eigenvalue weighted by atomic mass is 10.2. The highest BCUT2D eigenvalue weighted by Gasteiger charge is 2.40. The Morgan fingerprint density at radius 2 is 1.72 bits per heavy atom. The number of anilines is 2. The molecule has 0 atom stereocenters. The van der Waals surface area contributed by atoms with Gasteiger partial charge in [-0.15, -0.1) is 0 Å². The molecule has 0 aromatic heterocycles. The van der Waals surface area contributed by atoms with Crippen LogP contribution in [0.1, 0.15) is 12.5 Å². The van der Waals surface area contributed by atoms with Gasteiger partial charge in [0.2, 0.25) is 0 Å². The Kier molecular flexibility index (Phi) is 4.76. The number of hydrogen-bond donors (Lipinski definition) is 1. The Morgan fingerprint density at radius 3 is 2.40 bits per heavy atom. The third-order valence-corrected chi connectivity index (χ3v) is 4.10. The molecule has 2 aromatic carbocycles. The number of rotatable bonds is 5.